The lowest BCUT2D eigenvalue weighted by Gasteiger charge is -2.06. The van der Waals surface area contributed by atoms with E-state index in [1.54, 1.807) is 0 Å². The SMILES string of the molecule is CCCCCCCCOC(=O)C(Cl)C(C)=O. The standard InChI is InChI=1S/C12H21ClO3/c1-3-4-5-6-7-8-9-16-12(15)11(13)10(2)14/h11H,3-9H2,1-2H3. The van der Waals surface area contributed by atoms with Gasteiger partial charge in [0.1, 0.15) is 0 Å². The highest BCUT2D eigenvalue weighted by atomic mass is 35.5. The lowest BCUT2D eigenvalue weighted by Crippen LogP contribution is -2.24. The van der Waals surface area contributed by atoms with E-state index in [-0.39, 0.29) is 5.78 Å². The number of Topliss-reactive ketones (excluding diaryl/α,β-unsaturated/α-hetero) is 1. The number of ketones is 1. The van der Waals surface area contributed by atoms with E-state index in [4.69, 9.17) is 16.3 Å². The molecule has 94 valence electrons. The molecule has 16 heavy (non-hydrogen) atoms. The quantitative estimate of drug-likeness (QED) is 0.273. The summed E-state index contributed by atoms with van der Waals surface area (Å²) in [4.78, 5) is 21.9. The minimum absolute atomic E-state index is 0.363. The molecule has 0 rings (SSSR count). The maximum absolute atomic E-state index is 11.1. The Balaban J connectivity index is 3.38. The number of unbranched alkanes of at least 4 members (excludes halogenated alkanes) is 5. The smallest absolute Gasteiger partial charge is 0.331 e. The molecule has 0 radical (unpaired) electrons. The van der Waals surface area contributed by atoms with Crippen LogP contribution in [0.5, 0.6) is 0 Å². The van der Waals surface area contributed by atoms with Gasteiger partial charge in [-0.1, -0.05) is 39.0 Å². The summed E-state index contributed by atoms with van der Waals surface area (Å²) in [5, 5.41) is -1.14. The Labute approximate surface area is 102 Å². The van der Waals surface area contributed by atoms with Gasteiger partial charge in [0, 0.05) is 0 Å². The maximum atomic E-state index is 11.1. The zero-order valence-corrected chi connectivity index (χ0v) is 10.9. The molecule has 4 heteroatoms. The average molecular weight is 249 g/mol. The molecular weight excluding hydrogens is 228 g/mol. The van der Waals surface area contributed by atoms with E-state index in [1.165, 1.54) is 32.6 Å². The molecule has 0 N–H and O–H groups in total. The number of hydrogen-bond donors (Lipinski definition) is 0. The van der Waals surface area contributed by atoms with Crippen molar-refractivity contribution in [2.45, 2.75) is 57.7 Å². The maximum Gasteiger partial charge on any atom is 0.331 e. The van der Waals surface area contributed by atoms with Gasteiger partial charge in [-0.2, -0.15) is 0 Å². The third-order valence-electron chi connectivity index (χ3n) is 2.31. The fourth-order valence-electron chi connectivity index (χ4n) is 1.29. The fourth-order valence-corrected chi connectivity index (χ4v) is 1.36. The highest BCUT2D eigenvalue weighted by Crippen LogP contribution is 2.06. The molecule has 1 atom stereocenters. The number of carbonyl (C=O) groups is 2. The second-order valence-electron chi connectivity index (χ2n) is 3.91. The van der Waals surface area contributed by atoms with Crippen molar-refractivity contribution in [3.63, 3.8) is 0 Å². The van der Waals surface area contributed by atoms with Gasteiger partial charge in [-0.15, -0.1) is 11.6 Å². The monoisotopic (exact) mass is 248 g/mol. The van der Waals surface area contributed by atoms with Gasteiger partial charge in [-0.25, -0.2) is 4.79 Å². The number of rotatable bonds is 9. The van der Waals surface area contributed by atoms with Crippen LogP contribution in [-0.2, 0) is 14.3 Å². The van der Waals surface area contributed by atoms with Crippen molar-refractivity contribution >= 4 is 23.4 Å². The van der Waals surface area contributed by atoms with Crippen molar-refractivity contribution in [2.24, 2.45) is 0 Å². The predicted octanol–water partition coefficient (Wildman–Crippen LogP) is 3.09. The molecule has 0 aromatic carbocycles. The van der Waals surface area contributed by atoms with E-state index in [2.05, 4.69) is 6.92 Å². The molecule has 0 spiro atoms. The summed E-state index contributed by atoms with van der Waals surface area (Å²) in [6, 6.07) is 0. The lowest BCUT2D eigenvalue weighted by atomic mass is 10.1. The summed E-state index contributed by atoms with van der Waals surface area (Å²) in [5.41, 5.74) is 0. The molecule has 0 saturated carbocycles. The first kappa shape index (κ1) is 15.4. The summed E-state index contributed by atoms with van der Waals surface area (Å²) in [6.45, 7) is 3.81. The van der Waals surface area contributed by atoms with E-state index >= 15 is 0 Å². The van der Waals surface area contributed by atoms with Gasteiger partial charge in [0.2, 0.25) is 0 Å². The Morgan fingerprint density at radius 2 is 1.69 bits per heavy atom. The summed E-state index contributed by atoms with van der Waals surface area (Å²) in [6.07, 6.45) is 6.78. The highest BCUT2D eigenvalue weighted by molar-refractivity contribution is 6.40. The second kappa shape index (κ2) is 9.64. The first-order valence-corrected chi connectivity index (χ1v) is 6.34. The van der Waals surface area contributed by atoms with Crippen LogP contribution in [0.15, 0.2) is 0 Å². The zero-order valence-electron chi connectivity index (χ0n) is 10.1. The Morgan fingerprint density at radius 1 is 1.12 bits per heavy atom. The minimum atomic E-state index is -1.14. The molecule has 0 heterocycles. The van der Waals surface area contributed by atoms with Crippen molar-refractivity contribution in [1.82, 2.24) is 0 Å². The van der Waals surface area contributed by atoms with Crippen molar-refractivity contribution in [3.8, 4) is 0 Å². The molecule has 0 aromatic heterocycles. The molecule has 0 aliphatic heterocycles. The molecule has 1 unspecified atom stereocenters. The van der Waals surface area contributed by atoms with Crippen LogP contribution in [-0.4, -0.2) is 23.7 Å². The second-order valence-corrected chi connectivity index (χ2v) is 4.34. The Bertz CT molecular complexity index is 216. The molecular formula is C12H21ClO3. The third kappa shape index (κ3) is 7.69. The molecule has 0 amide bonds. The van der Waals surface area contributed by atoms with E-state index in [0.29, 0.717) is 6.61 Å². The van der Waals surface area contributed by atoms with E-state index in [0.717, 1.165) is 12.8 Å². The molecule has 0 aliphatic carbocycles. The molecule has 0 saturated heterocycles. The van der Waals surface area contributed by atoms with E-state index in [1.807, 2.05) is 0 Å². The number of ether oxygens (including phenoxy) is 1. The minimum Gasteiger partial charge on any atom is -0.464 e. The summed E-state index contributed by atoms with van der Waals surface area (Å²) in [5.74, 6) is -0.989. The number of hydrogen-bond acceptors (Lipinski definition) is 3. The Hall–Kier alpha value is -0.570. The highest BCUT2D eigenvalue weighted by Gasteiger charge is 2.21. The summed E-state index contributed by atoms with van der Waals surface area (Å²) in [7, 11) is 0. The Kier molecular flexibility index (Phi) is 9.30. The molecule has 0 aliphatic rings. The van der Waals surface area contributed by atoms with Gasteiger partial charge in [-0.05, 0) is 13.3 Å². The number of halogens is 1. The van der Waals surface area contributed by atoms with Crippen LogP contribution in [0.4, 0.5) is 0 Å². The number of esters is 1. The number of carbonyl (C=O) groups excluding carboxylic acids is 2. The van der Waals surface area contributed by atoms with Crippen LogP contribution in [0.1, 0.15) is 52.4 Å². The van der Waals surface area contributed by atoms with Gasteiger partial charge in [0.15, 0.2) is 11.2 Å². The molecule has 0 fully saturated rings. The third-order valence-corrected chi connectivity index (χ3v) is 2.79. The summed E-state index contributed by atoms with van der Waals surface area (Å²) < 4.78 is 4.88. The van der Waals surface area contributed by atoms with Gasteiger partial charge in [0.05, 0.1) is 6.61 Å². The van der Waals surface area contributed by atoms with Gasteiger partial charge in [-0.3, -0.25) is 4.79 Å². The van der Waals surface area contributed by atoms with Gasteiger partial charge < -0.3 is 4.74 Å². The van der Waals surface area contributed by atoms with Crippen molar-refractivity contribution < 1.29 is 14.3 Å². The van der Waals surface area contributed by atoms with Crippen molar-refractivity contribution in [2.75, 3.05) is 6.61 Å². The van der Waals surface area contributed by atoms with Crippen LogP contribution in [0, 0.1) is 0 Å². The normalized spacial score (nSPS) is 12.2. The molecule has 3 nitrogen and oxygen atoms in total. The van der Waals surface area contributed by atoms with E-state index < -0.39 is 11.3 Å². The van der Waals surface area contributed by atoms with Gasteiger partial charge >= 0.3 is 5.97 Å². The Morgan fingerprint density at radius 3 is 2.25 bits per heavy atom. The molecule has 0 aromatic rings. The summed E-state index contributed by atoms with van der Waals surface area (Å²) >= 11 is 5.52. The van der Waals surface area contributed by atoms with Crippen molar-refractivity contribution in [3.05, 3.63) is 0 Å². The predicted molar refractivity (Wildman–Crippen MR) is 64.7 cm³/mol. The lowest BCUT2D eigenvalue weighted by molar-refractivity contribution is -0.145. The first-order chi connectivity index (χ1) is 7.59. The first-order valence-electron chi connectivity index (χ1n) is 5.90. The van der Waals surface area contributed by atoms with Crippen LogP contribution >= 0.6 is 11.6 Å². The fraction of sp³-hybridized carbons (Fsp3) is 0.833. The van der Waals surface area contributed by atoms with Crippen LogP contribution in [0.25, 0.3) is 0 Å². The van der Waals surface area contributed by atoms with E-state index in [9.17, 15) is 9.59 Å². The average Bonchev–Trinajstić information content (AvgIpc) is 2.26. The zero-order chi connectivity index (χ0) is 12.4. The van der Waals surface area contributed by atoms with Crippen molar-refractivity contribution in [1.29, 1.82) is 0 Å². The van der Waals surface area contributed by atoms with Crippen LogP contribution in [0.2, 0.25) is 0 Å². The number of alkyl halides is 1. The van der Waals surface area contributed by atoms with Crippen LogP contribution < -0.4 is 0 Å². The topological polar surface area (TPSA) is 43.4 Å². The van der Waals surface area contributed by atoms with Crippen LogP contribution in [0.3, 0.4) is 0 Å². The van der Waals surface area contributed by atoms with Gasteiger partial charge in [0.25, 0.3) is 0 Å². The molecule has 0 bridgehead atoms. The largest absolute Gasteiger partial charge is 0.464 e.